The van der Waals surface area contributed by atoms with Gasteiger partial charge in [0.25, 0.3) is 0 Å². The maximum Gasteiger partial charge on any atom is 0.325 e. The molecule has 3 N–H and O–H groups in total. The summed E-state index contributed by atoms with van der Waals surface area (Å²) in [4.78, 5) is 21.9. The lowest BCUT2D eigenvalue weighted by Crippen LogP contribution is -2.40. The van der Waals surface area contributed by atoms with Crippen LogP contribution in [0.3, 0.4) is 0 Å². The second-order valence-corrected chi connectivity index (χ2v) is 4.23. The molecule has 18 heavy (non-hydrogen) atoms. The Morgan fingerprint density at radius 3 is 2.28 bits per heavy atom. The lowest BCUT2D eigenvalue weighted by Gasteiger charge is -2.11. The SMILES string of the molecule is C[C@@H](NC(=O)Nc1cc(Cl)c(F)c(Cl)c1)C(=O)O. The van der Waals surface area contributed by atoms with Crippen molar-refractivity contribution in [2.45, 2.75) is 13.0 Å². The average Bonchev–Trinajstić information content (AvgIpc) is 2.25. The topological polar surface area (TPSA) is 78.4 Å². The Kier molecular flexibility index (Phi) is 4.75. The third kappa shape index (κ3) is 3.75. The number of anilines is 1. The first kappa shape index (κ1) is 14.5. The molecule has 0 spiro atoms. The zero-order valence-corrected chi connectivity index (χ0v) is 10.6. The molecule has 0 aromatic heterocycles. The smallest absolute Gasteiger partial charge is 0.325 e. The van der Waals surface area contributed by atoms with Crippen molar-refractivity contribution >= 4 is 40.9 Å². The van der Waals surface area contributed by atoms with Gasteiger partial charge in [0.2, 0.25) is 0 Å². The summed E-state index contributed by atoms with van der Waals surface area (Å²) in [6.45, 7) is 1.30. The van der Waals surface area contributed by atoms with E-state index in [-0.39, 0.29) is 15.7 Å². The predicted molar refractivity (Wildman–Crippen MR) is 65.7 cm³/mol. The molecule has 5 nitrogen and oxygen atoms in total. The summed E-state index contributed by atoms with van der Waals surface area (Å²) in [6.07, 6.45) is 0. The van der Waals surface area contributed by atoms with Crippen LogP contribution in [0.4, 0.5) is 14.9 Å². The number of carbonyl (C=O) groups is 2. The van der Waals surface area contributed by atoms with Crippen molar-refractivity contribution in [2.24, 2.45) is 0 Å². The second kappa shape index (κ2) is 5.88. The number of carboxylic acids is 1. The van der Waals surface area contributed by atoms with Gasteiger partial charge in [-0.2, -0.15) is 0 Å². The number of halogens is 3. The normalized spacial score (nSPS) is 11.8. The minimum absolute atomic E-state index is 0.154. The molecular formula is C10H9Cl2FN2O3. The van der Waals surface area contributed by atoms with Crippen molar-refractivity contribution in [3.05, 3.63) is 28.0 Å². The van der Waals surface area contributed by atoms with Gasteiger partial charge in [-0.3, -0.25) is 4.79 Å². The fraction of sp³-hybridized carbons (Fsp3) is 0.200. The Labute approximate surface area is 112 Å². The van der Waals surface area contributed by atoms with E-state index in [0.29, 0.717) is 0 Å². The maximum atomic E-state index is 13.1. The molecule has 0 aliphatic rings. The van der Waals surface area contributed by atoms with Crippen LogP contribution in [-0.4, -0.2) is 23.1 Å². The number of carboxylic acid groups (broad SMARTS) is 1. The van der Waals surface area contributed by atoms with Gasteiger partial charge in [-0.15, -0.1) is 0 Å². The van der Waals surface area contributed by atoms with Crippen molar-refractivity contribution in [3.8, 4) is 0 Å². The second-order valence-electron chi connectivity index (χ2n) is 3.41. The van der Waals surface area contributed by atoms with Crippen LogP contribution in [0.25, 0.3) is 0 Å². The molecule has 1 aromatic rings. The molecule has 8 heteroatoms. The van der Waals surface area contributed by atoms with Crippen LogP contribution in [0.1, 0.15) is 6.92 Å². The van der Waals surface area contributed by atoms with Gasteiger partial charge in [0.05, 0.1) is 10.0 Å². The number of urea groups is 1. The Bertz CT molecular complexity index is 473. The summed E-state index contributed by atoms with van der Waals surface area (Å²) in [5, 5.41) is 12.5. The van der Waals surface area contributed by atoms with Gasteiger partial charge in [0, 0.05) is 5.69 Å². The van der Waals surface area contributed by atoms with E-state index in [4.69, 9.17) is 28.3 Å². The van der Waals surface area contributed by atoms with Crippen molar-refractivity contribution in [1.82, 2.24) is 5.32 Å². The third-order valence-corrected chi connectivity index (χ3v) is 2.51. The Morgan fingerprint density at radius 1 is 1.33 bits per heavy atom. The molecule has 2 amide bonds. The van der Waals surface area contributed by atoms with Crippen LogP contribution in [0.15, 0.2) is 12.1 Å². The van der Waals surface area contributed by atoms with Crippen LogP contribution in [0.5, 0.6) is 0 Å². The molecule has 0 radical (unpaired) electrons. The minimum atomic E-state index is -1.18. The van der Waals surface area contributed by atoms with Gasteiger partial charge >= 0.3 is 12.0 Å². The van der Waals surface area contributed by atoms with Crippen LogP contribution < -0.4 is 10.6 Å². The fourth-order valence-electron chi connectivity index (χ4n) is 1.05. The molecule has 0 heterocycles. The summed E-state index contributed by atoms with van der Waals surface area (Å²) < 4.78 is 13.1. The summed E-state index contributed by atoms with van der Waals surface area (Å²) in [7, 11) is 0. The molecule has 1 atom stereocenters. The number of benzene rings is 1. The minimum Gasteiger partial charge on any atom is -0.480 e. The Hall–Kier alpha value is -1.53. The molecule has 0 unspecified atom stereocenters. The molecule has 0 aliphatic carbocycles. The van der Waals surface area contributed by atoms with Crippen LogP contribution >= 0.6 is 23.2 Å². The standard InChI is InChI=1S/C10H9Cl2FN2O3/c1-4(9(16)17)14-10(18)15-5-2-6(11)8(13)7(12)3-5/h2-4H,1H3,(H,16,17)(H2,14,15,18)/t4-/m1/s1. The van der Waals surface area contributed by atoms with Crippen molar-refractivity contribution in [3.63, 3.8) is 0 Å². The van der Waals surface area contributed by atoms with Crippen LogP contribution in [-0.2, 0) is 4.79 Å². The molecule has 0 fully saturated rings. The first-order valence-electron chi connectivity index (χ1n) is 4.76. The molecule has 98 valence electrons. The first-order chi connectivity index (χ1) is 8.31. The number of amides is 2. The van der Waals surface area contributed by atoms with E-state index in [0.717, 1.165) is 12.1 Å². The number of carbonyl (C=O) groups excluding carboxylic acids is 1. The highest BCUT2D eigenvalue weighted by molar-refractivity contribution is 6.35. The summed E-state index contributed by atoms with van der Waals surface area (Å²) in [6, 6.07) is 0.502. The largest absolute Gasteiger partial charge is 0.480 e. The number of nitrogens with one attached hydrogen (secondary N) is 2. The van der Waals surface area contributed by atoms with E-state index in [9.17, 15) is 14.0 Å². The number of aliphatic carboxylic acids is 1. The zero-order chi connectivity index (χ0) is 13.9. The quantitative estimate of drug-likeness (QED) is 0.750. The monoisotopic (exact) mass is 294 g/mol. The fourth-order valence-corrected chi connectivity index (χ4v) is 1.54. The van der Waals surface area contributed by atoms with Gasteiger partial charge < -0.3 is 15.7 Å². The highest BCUT2D eigenvalue weighted by Crippen LogP contribution is 2.27. The molecule has 0 saturated heterocycles. The summed E-state index contributed by atoms with van der Waals surface area (Å²) >= 11 is 11.1. The van der Waals surface area contributed by atoms with Crippen molar-refractivity contribution < 1.29 is 19.1 Å². The highest BCUT2D eigenvalue weighted by atomic mass is 35.5. The molecule has 1 aromatic carbocycles. The van der Waals surface area contributed by atoms with E-state index < -0.39 is 23.9 Å². The van der Waals surface area contributed by atoms with E-state index in [1.165, 1.54) is 6.92 Å². The number of rotatable bonds is 3. The van der Waals surface area contributed by atoms with E-state index in [1.54, 1.807) is 0 Å². The van der Waals surface area contributed by atoms with E-state index >= 15 is 0 Å². The lowest BCUT2D eigenvalue weighted by molar-refractivity contribution is -0.138. The Morgan fingerprint density at radius 2 is 1.83 bits per heavy atom. The van der Waals surface area contributed by atoms with Gasteiger partial charge in [-0.05, 0) is 19.1 Å². The molecule has 1 rings (SSSR count). The summed E-state index contributed by atoms with van der Waals surface area (Å²) in [5.74, 6) is -1.97. The lowest BCUT2D eigenvalue weighted by atomic mass is 10.3. The first-order valence-corrected chi connectivity index (χ1v) is 5.51. The average molecular weight is 295 g/mol. The van der Waals surface area contributed by atoms with Gasteiger partial charge in [0.1, 0.15) is 6.04 Å². The van der Waals surface area contributed by atoms with Gasteiger partial charge in [-0.25, -0.2) is 9.18 Å². The summed E-state index contributed by atoms with van der Waals surface area (Å²) in [5.41, 5.74) is 0.154. The van der Waals surface area contributed by atoms with E-state index in [2.05, 4.69) is 10.6 Å². The zero-order valence-electron chi connectivity index (χ0n) is 9.13. The number of hydrogen-bond acceptors (Lipinski definition) is 2. The van der Waals surface area contributed by atoms with Crippen molar-refractivity contribution in [1.29, 1.82) is 0 Å². The molecule has 0 aliphatic heterocycles. The highest BCUT2D eigenvalue weighted by Gasteiger charge is 2.15. The molecule has 0 bridgehead atoms. The Balaban J connectivity index is 2.74. The third-order valence-electron chi connectivity index (χ3n) is 1.96. The van der Waals surface area contributed by atoms with Gasteiger partial charge in [-0.1, -0.05) is 23.2 Å². The molecule has 0 saturated carbocycles. The van der Waals surface area contributed by atoms with Crippen LogP contribution in [0.2, 0.25) is 10.0 Å². The number of hydrogen-bond donors (Lipinski definition) is 3. The van der Waals surface area contributed by atoms with Gasteiger partial charge in [0.15, 0.2) is 5.82 Å². The van der Waals surface area contributed by atoms with Crippen LogP contribution in [0, 0.1) is 5.82 Å². The van der Waals surface area contributed by atoms with E-state index in [1.807, 2.05) is 0 Å². The maximum absolute atomic E-state index is 13.1. The van der Waals surface area contributed by atoms with Crippen molar-refractivity contribution in [2.75, 3.05) is 5.32 Å². The predicted octanol–water partition coefficient (Wildman–Crippen LogP) is 2.73. The molecular weight excluding hydrogens is 286 g/mol.